The van der Waals surface area contributed by atoms with Crippen molar-refractivity contribution in [2.45, 2.75) is 0 Å². The largest absolute Gasteiger partial charge is 2.00 e. The molecule has 0 aliphatic heterocycles. The summed E-state index contributed by atoms with van der Waals surface area (Å²) in [7, 11) is 0. The molecule has 0 bridgehead atoms. The van der Waals surface area contributed by atoms with E-state index in [2.05, 4.69) is 0 Å². The minimum atomic E-state index is -7.22. The molecule has 0 amide bonds. The zero-order valence-electron chi connectivity index (χ0n) is 41.4. The molecule has 92 heavy (non-hydrogen) atoms. The van der Waals surface area contributed by atoms with Gasteiger partial charge in [0.05, 0.1) is 0 Å². The van der Waals surface area contributed by atoms with E-state index in [4.69, 9.17) is 0 Å². The van der Waals surface area contributed by atoms with Crippen molar-refractivity contribution < 1.29 is 176 Å². The molecule has 0 aliphatic carbocycles. The average Bonchev–Trinajstić information content (AvgIpc) is 0.689. The molecule has 0 fully saturated rings. The molecule has 0 atom stereocenters. The normalized spacial score (nSPS) is 11.7. The maximum Gasteiger partial charge on any atom is 2.00 e. The fourth-order valence-electron chi connectivity index (χ4n) is 9.75. The molecule has 0 spiro atoms. The summed E-state index contributed by atoms with van der Waals surface area (Å²) in [4.78, 5) is 0. The number of halogens is 41. The van der Waals surface area contributed by atoms with E-state index in [1.807, 2.05) is 0 Å². The van der Waals surface area contributed by atoms with E-state index in [0.29, 0.717) is 0 Å². The van der Waals surface area contributed by atoms with Gasteiger partial charge in [0.1, 0.15) is 105 Å². The van der Waals surface area contributed by atoms with Crippen LogP contribution in [-0.4, -0.2) is 35.3 Å². The molecule has 0 saturated heterocycles. The molecule has 0 nitrogen and oxygen atoms in total. The molecule has 488 valence electrons. The molecule has 0 saturated carbocycles. The van der Waals surface area contributed by atoms with Crippen molar-refractivity contribution in [2.24, 2.45) is 0 Å². The van der Waals surface area contributed by atoms with Gasteiger partial charge in [-0.15, -0.1) is 60.7 Å². The Morgan fingerprint density at radius 3 is 0.196 bits per heavy atom. The van der Waals surface area contributed by atoms with Gasteiger partial charge in [-0.1, -0.05) is 0 Å². The number of benzene rings is 8. The van der Waals surface area contributed by atoms with Crippen LogP contribution in [0, 0.1) is 233 Å². The van der Waals surface area contributed by atoms with E-state index in [0.717, 1.165) is 0 Å². The second-order valence-electron chi connectivity index (χ2n) is 17.6. The van der Waals surface area contributed by atoms with Crippen molar-refractivity contribution in [1.29, 1.82) is 0 Å². The Bertz CT molecular complexity index is 3440. The first-order chi connectivity index (χ1) is 41.4. The van der Waals surface area contributed by atoms with E-state index < -0.39 is 289 Å². The van der Waals surface area contributed by atoms with Crippen molar-refractivity contribution in [3.63, 3.8) is 0 Å². The van der Waals surface area contributed by atoms with Gasteiger partial charge in [0.2, 0.25) is 0 Å². The van der Waals surface area contributed by atoms with Crippen molar-refractivity contribution >= 4 is 96.0 Å². The van der Waals surface area contributed by atoms with Crippen molar-refractivity contribution in [3.8, 4) is 0 Å². The molecule has 8 rings (SSSR count). The first-order valence-corrected chi connectivity index (χ1v) is 21.9. The van der Waals surface area contributed by atoms with Crippen LogP contribution in [0.2, 0.25) is 0 Å². The molecule has 8 aromatic carbocycles. The molecule has 0 heterocycles. The van der Waals surface area contributed by atoms with E-state index in [-0.39, 0.29) is 40.0 Å². The van der Waals surface area contributed by atoms with E-state index in [1.54, 1.807) is 0 Å². The summed E-state index contributed by atoms with van der Waals surface area (Å²) in [5, 5.41) is 0. The van der Waals surface area contributed by atoms with E-state index in [1.165, 1.54) is 0 Å². The third kappa shape index (κ3) is 10.1. The summed E-state index contributed by atoms with van der Waals surface area (Å²) in [5.41, 5.74) is -28.7. The predicted molar refractivity (Wildman–Crippen MR) is 235 cm³/mol. The molecule has 44 heteroatoms. The Balaban J connectivity index is 0.000000327. The average molecular weight is 1460 g/mol. The SMILES string of the molecule is Br.Fc1c(F)c(F)c([B-](c2c(F)c(F)c(F)c(F)c2F)(c2c(F)c(F)c(F)c(F)c2F)c2c(F)c(F)c(F)c(F)c2F)c(F)c1F.Fc1c(F)c(F)c([B-](c2c(F)c(F)c(F)c(F)c2F)(c2c(F)c(F)c(F)c(F)c2F)c2c(F)c(F)c(F)c(F)c2F)c(F)c1F.[Mg+2]. The summed E-state index contributed by atoms with van der Waals surface area (Å²) in [6, 6.07) is 0. The number of rotatable bonds is 8. The van der Waals surface area contributed by atoms with Crippen LogP contribution < -0.4 is 43.7 Å². The maximum atomic E-state index is 15.4. The zero-order chi connectivity index (χ0) is 68.7. The van der Waals surface area contributed by atoms with Crippen LogP contribution >= 0.6 is 17.0 Å². The van der Waals surface area contributed by atoms with Gasteiger partial charge in [-0.25, -0.2) is 176 Å². The number of hydrogen-bond acceptors (Lipinski definition) is 0. The second kappa shape index (κ2) is 25.7. The van der Waals surface area contributed by atoms with Gasteiger partial charge < -0.3 is 0 Å². The first-order valence-electron chi connectivity index (χ1n) is 21.9. The fourth-order valence-corrected chi connectivity index (χ4v) is 9.75. The summed E-state index contributed by atoms with van der Waals surface area (Å²) < 4.78 is 588. The molecule has 0 aliphatic rings. The van der Waals surface area contributed by atoms with Gasteiger partial charge in [0, 0.05) is 0 Å². The number of hydrogen-bond donors (Lipinski definition) is 0. The minimum Gasteiger partial charge on any atom is -0.207 e. The standard InChI is InChI=1S/2C24BF20.BrH.Mg/c2*26-5-1(6(27)14(35)21(42)13(5)34)25(2-7(28)15(36)22(43)16(37)8(2)29,3-9(30)17(38)23(44)18(39)10(3)31)4-11(32)19(40)24(45)20(41)12(4)33;;/h;;1H;/q2*-1;;+2. The molecule has 0 N–H and O–H groups in total. The fraction of sp³-hybridized carbons (Fsp3) is 0. The van der Waals surface area contributed by atoms with Crippen LogP contribution in [0.15, 0.2) is 0 Å². The Hall–Kier alpha value is -7.66. The minimum absolute atomic E-state index is 0. The van der Waals surface area contributed by atoms with Crippen molar-refractivity contribution in [3.05, 3.63) is 233 Å². The predicted octanol–water partition coefficient (Wildman–Crippen LogP) is 11.9. The van der Waals surface area contributed by atoms with E-state index >= 15 is 70.2 Å². The van der Waals surface area contributed by atoms with Gasteiger partial charge in [0.15, 0.2) is 140 Å². The first kappa shape index (κ1) is 75.1. The molecule has 0 radical (unpaired) electrons. The third-order valence-electron chi connectivity index (χ3n) is 13.4. The van der Waals surface area contributed by atoms with E-state index in [9.17, 15) is 105 Å². The van der Waals surface area contributed by atoms with Crippen LogP contribution in [0.5, 0.6) is 0 Å². The van der Waals surface area contributed by atoms with Crippen LogP contribution in [0.4, 0.5) is 176 Å². The van der Waals surface area contributed by atoms with Crippen LogP contribution in [0.1, 0.15) is 0 Å². The molecule has 8 aromatic rings. The van der Waals surface area contributed by atoms with Gasteiger partial charge in [-0.3, -0.25) is 0 Å². The Labute approximate surface area is 503 Å². The molecular weight excluding hydrogens is 1460 g/mol. The third-order valence-corrected chi connectivity index (χ3v) is 13.4. The Morgan fingerprint density at radius 1 is 0.0978 bits per heavy atom. The molecule has 0 aromatic heterocycles. The molecular formula is C48HB2BrF40Mg. The van der Waals surface area contributed by atoms with Crippen molar-refractivity contribution in [2.75, 3.05) is 0 Å². The molecule has 0 unspecified atom stereocenters. The van der Waals surface area contributed by atoms with Crippen LogP contribution in [-0.2, 0) is 0 Å². The van der Waals surface area contributed by atoms with Crippen LogP contribution in [0.3, 0.4) is 0 Å². The zero-order valence-corrected chi connectivity index (χ0v) is 44.5. The Kier molecular flexibility index (Phi) is 20.9. The van der Waals surface area contributed by atoms with Gasteiger partial charge in [0.25, 0.3) is 0 Å². The topological polar surface area (TPSA) is 0 Å². The summed E-state index contributed by atoms with van der Waals surface area (Å²) in [6.45, 7) is 0. The summed E-state index contributed by atoms with van der Waals surface area (Å²) >= 11 is 0. The van der Waals surface area contributed by atoms with Gasteiger partial charge in [-0.2, -0.15) is 0 Å². The van der Waals surface area contributed by atoms with Gasteiger partial charge in [-0.05, 0) is 0 Å². The second-order valence-corrected chi connectivity index (χ2v) is 17.6. The van der Waals surface area contributed by atoms with Crippen LogP contribution in [0.25, 0.3) is 0 Å². The summed E-state index contributed by atoms with van der Waals surface area (Å²) in [5.74, 6) is -143. The Morgan fingerprint density at radius 2 is 0.141 bits per heavy atom. The van der Waals surface area contributed by atoms with Gasteiger partial charge >= 0.3 is 23.1 Å². The smallest absolute Gasteiger partial charge is 0.207 e. The van der Waals surface area contributed by atoms with Crippen molar-refractivity contribution in [1.82, 2.24) is 0 Å². The summed E-state index contributed by atoms with van der Waals surface area (Å²) in [6.07, 6.45) is -14.4. The maximum absolute atomic E-state index is 15.4. The quantitative estimate of drug-likeness (QED) is 0.0616. The monoisotopic (exact) mass is 1460 g/mol.